The van der Waals surface area contributed by atoms with Gasteiger partial charge in [0, 0.05) is 31.0 Å². The van der Waals surface area contributed by atoms with E-state index in [4.69, 9.17) is 4.74 Å². The van der Waals surface area contributed by atoms with Crippen molar-refractivity contribution in [2.24, 2.45) is 0 Å². The fraction of sp³-hybridized carbons (Fsp3) is 0.667. The standard InChI is InChI=1S/C15H24N2O/c1-16-13(12-14-6-2-4-10-17-14)8-9-15-7-3-5-11-18-15/h2,4,6,10,13,15-16H,3,5,7-9,11-12H2,1H3. The maximum Gasteiger partial charge on any atom is 0.0575 e. The van der Waals surface area contributed by atoms with Gasteiger partial charge in [-0.15, -0.1) is 0 Å². The molecule has 0 spiro atoms. The normalized spacial score (nSPS) is 21.7. The summed E-state index contributed by atoms with van der Waals surface area (Å²) in [5, 5.41) is 3.39. The van der Waals surface area contributed by atoms with Crippen molar-refractivity contribution in [2.75, 3.05) is 13.7 Å². The van der Waals surface area contributed by atoms with Crippen LogP contribution >= 0.6 is 0 Å². The van der Waals surface area contributed by atoms with Crippen molar-refractivity contribution in [1.29, 1.82) is 0 Å². The molecule has 2 unspecified atom stereocenters. The lowest BCUT2D eigenvalue weighted by molar-refractivity contribution is 0.00868. The van der Waals surface area contributed by atoms with E-state index in [2.05, 4.69) is 22.4 Å². The van der Waals surface area contributed by atoms with Crippen LogP contribution in [0.1, 0.15) is 37.8 Å². The summed E-state index contributed by atoms with van der Waals surface area (Å²) in [5.41, 5.74) is 1.17. The van der Waals surface area contributed by atoms with Crippen molar-refractivity contribution in [1.82, 2.24) is 10.3 Å². The number of nitrogens with zero attached hydrogens (tertiary/aromatic N) is 1. The molecule has 3 nitrogen and oxygen atoms in total. The minimum atomic E-state index is 0.485. The SMILES string of the molecule is CNC(CCC1CCCCO1)Cc1ccccn1. The lowest BCUT2D eigenvalue weighted by Crippen LogP contribution is -2.30. The Hall–Kier alpha value is -0.930. The first-order valence-electron chi connectivity index (χ1n) is 7.07. The molecule has 0 bridgehead atoms. The summed E-state index contributed by atoms with van der Waals surface area (Å²) in [4.78, 5) is 4.39. The van der Waals surface area contributed by atoms with E-state index in [0.717, 1.165) is 19.4 Å². The molecule has 3 heteroatoms. The van der Waals surface area contributed by atoms with E-state index in [9.17, 15) is 0 Å². The van der Waals surface area contributed by atoms with Crippen LogP contribution in [0.2, 0.25) is 0 Å². The Bertz CT molecular complexity index is 323. The fourth-order valence-electron chi connectivity index (χ4n) is 2.54. The van der Waals surface area contributed by atoms with Gasteiger partial charge in [0.05, 0.1) is 6.10 Å². The van der Waals surface area contributed by atoms with Crippen LogP contribution in [0, 0.1) is 0 Å². The molecule has 1 saturated heterocycles. The lowest BCUT2D eigenvalue weighted by Gasteiger charge is -2.24. The van der Waals surface area contributed by atoms with Crippen LogP contribution in [0.5, 0.6) is 0 Å². The van der Waals surface area contributed by atoms with Crippen LogP contribution in [-0.4, -0.2) is 30.8 Å². The minimum Gasteiger partial charge on any atom is -0.378 e. The van der Waals surface area contributed by atoms with Gasteiger partial charge in [0.15, 0.2) is 0 Å². The zero-order chi connectivity index (χ0) is 12.6. The Morgan fingerprint density at radius 1 is 1.44 bits per heavy atom. The number of ether oxygens (including phenoxy) is 1. The smallest absolute Gasteiger partial charge is 0.0575 e. The van der Waals surface area contributed by atoms with Crippen molar-refractivity contribution in [3.05, 3.63) is 30.1 Å². The third-order valence-electron chi connectivity index (χ3n) is 3.70. The van der Waals surface area contributed by atoms with Crippen molar-refractivity contribution in [3.63, 3.8) is 0 Å². The van der Waals surface area contributed by atoms with Gasteiger partial charge in [-0.05, 0) is 51.3 Å². The number of nitrogens with one attached hydrogen (secondary N) is 1. The second-order valence-electron chi connectivity index (χ2n) is 5.08. The number of pyridine rings is 1. The average molecular weight is 248 g/mol. The number of hydrogen-bond acceptors (Lipinski definition) is 3. The maximum absolute atomic E-state index is 5.78. The highest BCUT2D eigenvalue weighted by Gasteiger charge is 2.16. The molecule has 1 aliphatic heterocycles. The second kappa shape index (κ2) is 7.49. The molecule has 0 radical (unpaired) electrons. The Balaban J connectivity index is 1.75. The van der Waals surface area contributed by atoms with Gasteiger partial charge in [0.25, 0.3) is 0 Å². The van der Waals surface area contributed by atoms with E-state index in [1.807, 2.05) is 19.3 Å². The summed E-state index contributed by atoms with van der Waals surface area (Å²) >= 11 is 0. The summed E-state index contributed by atoms with van der Waals surface area (Å²) < 4.78 is 5.78. The van der Waals surface area contributed by atoms with E-state index in [1.165, 1.54) is 31.4 Å². The predicted molar refractivity (Wildman–Crippen MR) is 73.6 cm³/mol. The number of likely N-dealkylation sites (N-methyl/N-ethyl adjacent to an activating group) is 1. The van der Waals surface area contributed by atoms with Crippen LogP contribution < -0.4 is 5.32 Å². The van der Waals surface area contributed by atoms with E-state index >= 15 is 0 Å². The molecule has 0 saturated carbocycles. The van der Waals surface area contributed by atoms with Crippen LogP contribution in [0.4, 0.5) is 0 Å². The zero-order valence-electron chi connectivity index (χ0n) is 11.3. The van der Waals surface area contributed by atoms with Gasteiger partial charge in [0.2, 0.25) is 0 Å². The van der Waals surface area contributed by atoms with E-state index < -0.39 is 0 Å². The number of aromatic nitrogens is 1. The molecule has 1 N–H and O–H groups in total. The molecule has 1 aromatic heterocycles. The molecule has 1 aliphatic rings. The van der Waals surface area contributed by atoms with Crippen LogP contribution in [0.3, 0.4) is 0 Å². The Morgan fingerprint density at radius 3 is 3.06 bits per heavy atom. The highest BCUT2D eigenvalue weighted by atomic mass is 16.5. The first-order chi connectivity index (χ1) is 8.88. The number of hydrogen-bond donors (Lipinski definition) is 1. The third-order valence-corrected chi connectivity index (χ3v) is 3.70. The molecule has 18 heavy (non-hydrogen) atoms. The van der Waals surface area contributed by atoms with Crippen molar-refractivity contribution >= 4 is 0 Å². The van der Waals surface area contributed by atoms with Crippen LogP contribution in [0.15, 0.2) is 24.4 Å². The minimum absolute atomic E-state index is 0.485. The van der Waals surface area contributed by atoms with E-state index in [1.54, 1.807) is 0 Å². The van der Waals surface area contributed by atoms with Gasteiger partial charge in [-0.25, -0.2) is 0 Å². The molecule has 0 aliphatic carbocycles. The van der Waals surface area contributed by atoms with Gasteiger partial charge in [-0.3, -0.25) is 4.98 Å². The highest BCUT2D eigenvalue weighted by Crippen LogP contribution is 2.18. The summed E-state index contributed by atoms with van der Waals surface area (Å²) in [5.74, 6) is 0. The molecule has 2 heterocycles. The summed E-state index contributed by atoms with van der Waals surface area (Å²) in [6.45, 7) is 0.953. The monoisotopic (exact) mass is 248 g/mol. The van der Waals surface area contributed by atoms with Crippen molar-refractivity contribution < 1.29 is 4.74 Å². The summed E-state index contributed by atoms with van der Waals surface area (Å²) in [6, 6.07) is 6.62. The Kier molecular flexibility index (Phi) is 5.62. The van der Waals surface area contributed by atoms with E-state index in [-0.39, 0.29) is 0 Å². The third kappa shape index (κ3) is 4.39. The molecule has 1 aromatic rings. The van der Waals surface area contributed by atoms with Gasteiger partial charge in [-0.2, -0.15) is 0 Å². The largest absolute Gasteiger partial charge is 0.378 e. The van der Waals surface area contributed by atoms with Gasteiger partial charge in [-0.1, -0.05) is 6.07 Å². The zero-order valence-corrected chi connectivity index (χ0v) is 11.3. The summed E-state index contributed by atoms with van der Waals surface area (Å²) in [7, 11) is 2.04. The molecular weight excluding hydrogens is 224 g/mol. The molecule has 0 aromatic carbocycles. The molecule has 2 rings (SSSR count). The van der Waals surface area contributed by atoms with Gasteiger partial charge >= 0.3 is 0 Å². The van der Waals surface area contributed by atoms with Crippen molar-refractivity contribution in [2.45, 2.75) is 50.7 Å². The maximum atomic E-state index is 5.78. The molecule has 0 amide bonds. The first-order valence-corrected chi connectivity index (χ1v) is 7.07. The van der Waals surface area contributed by atoms with Crippen LogP contribution in [-0.2, 0) is 11.2 Å². The Labute approximate surface area is 110 Å². The van der Waals surface area contributed by atoms with Crippen LogP contribution in [0.25, 0.3) is 0 Å². The quantitative estimate of drug-likeness (QED) is 0.840. The van der Waals surface area contributed by atoms with Crippen molar-refractivity contribution in [3.8, 4) is 0 Å². The van der Waals surface area contributed by atoms with Gasteiger partial charge in [0.1, 0.15) is 0 Å². The van der Waals surface area contributed by atoms with E-state index in [0.29, 0.717) is 12.1 Å². The molecule has 1 fully saturated rings. The topological polar surface area (TPSA) is 34.1 Å². The Morgan fingerprint density at radius 2 is 2.39 bits per heavy atom. The molecular formula is C15H24N2O. The predicted octanol–water partition coefficient (Wildman–Crippen LogP) is 2.56. The highest BCUT2D eigenvalue weighted by molar-refractivity contribution is 5.05. The average Bonchev–Trinajstić information content (AvgIpc) is 2.45. The summed E-state index contributed by atoms with van der Waals surface area (Å²) in [6.07, 6.45) is 9.49. The fourth-order valence-corrected chi connectivity index (χ4v) is 2.54. The number of rotatable bonds is 6. The lowest BCUT2D eigenvalue weighted by atomic mass is 9.99. The molecule has 2 atom stereocenters. The molecule has 100 valence electrons. The first kappa shape index (κ1) is 13.5. The van der Waals surface area contributed by atoms with Gasteiger partial charge < -0.3 is 10.1 Å². The second-order valence-corrected chi connectivity index (χ2v) is 5.08.